The highest BCUT2D eigenvalue weighted by Crippen LogP contribution is 2.26. The molecule has 3 N–H and O–H groups in total. The predicted octanol–water partition coefficient (Wildman–Crippen LogP) is 3.66. The molecule has 0 aromatic heterocycles. The van der Waals surface area contributed by atoms with Crippen LogP contribution in [0.2, 0.25) is 5.02 Å². The fourth-order valence-electron chi connectivity index (χ4n) is 3.36. The van der Waals surface area contributed by atoms with Gasteiger partial charge in [0.15, 0.2) is 0 Å². The summed E-state index contributed by atoms with van der Waals surface area (Å²) in [6, 6.07) is 13.4. The topological polar surface area (TPSA) is 102 Å². The van der Waals surface area contributed by atoms with Crippen molar-refractivity contribution < 1.29 is 19.1 Å². The van der Waals surface area contributed by atoms with E-state index < -0.39 is 29.9 Å². The maximum atomic E-state index is 13.0. The second kappa shape index (κ2) is 9.63. The second-order valence-electron chi connectivity index (χ2n) is 7.30. The lowest BCUT2D eigenvalue weighted by molar-refractivity contribution is -0.160. The lowest BCUT2D eigenvalue weighted by atomic mass is 9.98. The Morgan fingerprint density at radius 2 is 1.93 bits per heavy atom. The first-order chi connectivity index (χ1) is 14.3. The van der Waals surface area contributed by atoms with Gasteiger partial charge in [0.1, 0.15) is 0 Å². The highest BCUT2D eigenvalue weighted by Gasteiger charge is 2.33. The Kier molecular flexibility index (Phi) is 6.95. The second-order valence-corrected chi connectivity index (χ2v) is 7.71. The number of urea groups is 1. The van der Waals surface area contributed by atoms with E-state index in [0.29, 0.717) is 35.7 Å². The summed E-state index contributed by atoms with van der Waals surface area (Å²) in [5.74, 6) is -1.55. The van der Waals surface area contributed by atoms with Crippen molar-refractivity contribution in [3.63, 3.8) is 0 Å². The van der Waals surface area contributed by atoms with Crippen LogP contribution in [0.25, 0.3) is 0 Å². The molecule has 7 nitrogen and oxygen atoms in total. The molecule has 0 radical (unpaired) electrons. The molecule has 2 aromatic rings. The van der Waals surface area contributed by atoms with E-state index in [1.165, 1.54) is 4.90 Å². The summed E-state index contributed by atoms with van der Waals surface area (Å²) in [4.78, 5) is 38.7. The van der Waals surface area contributed by atoms with Crippen molar-refractivity contribution in [2.24, 2.45) is 11.7 Å². The van der Waals surface area contributed by atoms with Gasteiger partial charge in [0.25, 0.3) is 5.91 Å². The summed E-state index contributed by atoms with van der Waals surface area (Å²) in [6.07, 6.45) is 0.0780. The average molecular weight is 430 g/mol. The van der Waals surface area contributed by atoms with E-state index in [2.05, 4.69) is 5.32 Å². The molecular weight excluding hydrogens is 406 g/mol. The number of carbonyl (C=O) groups excluding carboxylic acids is 3. The summed E-state index contributed by atoms with van der Waals surface area (Å²) >= 11 is 6.14. The third-order valence-electron chi connectivity index (χ3n) is 5.08. The Morgan fingerprint density at radius 1 is 1.20 bits per heavy atom. The molecule has 3 amide bonds. The smallest absolute Gasteiger partial charge is 0.314 e. The number of carbonyl (C=O) groups is 3. The monoisotopic (exact) mass is 429 g/mol. The highest BCUT2D eigenvalue weighted by molar-refractivity contribution is 6.31. The summed E-state index contributed by atoms with van der Waals surface area (Å²) in [5, 5.41) is 3.28. The number of likely N-dealkylation sites (tertiary alicyclic amines) is 1. The number of hydrogen-bond acceptors (Lipinski definition) is 4. The maximum absolute atomic E-state index is 13.0. The summed E-state index contributed by atoms with van der Waals surface area (Å²) in [5.41, 5.74) is 7.28. The number of ether oxygens (including phenoxy) is 1. The Labute approximate surface area is 180 Å². The van der Waals surface area contributed by atoms with Gasteiger partial charge in [0.2, 0.25) is 6.10 Å². The molecule has 3 rings (SSSR count). The molecular formula is C22H24ClN3O4. The summed E-state index contributed by atoms with van der Waals surface area (Å²) in [6.45, 7) is 2.56. The van der Waals surface area contributed by atoms with E-state index in [4.69, 9.17) is 22.1 Å². The lowest BCUT2D eigenvalue weighted by Gasteiger charge is -2.31. The lowest BCUT2D eigenvalue weighted by Crippen LogP contribution is -2.45. The van der Waals surface area contributed by atoms with Crippen LogP contribution in [0.4, 0.5) is 10.5 Å². The van der Waals surface area contributed by atoms with Gasteiger partial charge >= 0.3 is 12.0 Å². The number of nitrogens with zero attached hydrogens (tertiary/aromatic N) is 1. The van der Waals surface area contributed by atoms with Crippen LogP contribution < -0.4 is 11.1 Å². The zero-order chi connectivity index (χ0) is 21.7. The first-order valence-corrected chi connectivity index (χ1v) is 10.1. The molecule has 1 heterocycles. The molecule has 1 aliphatic rings. The molecule has 2 aromatic carbocycles. The van der Waals surface area contributed by atoms with Crippen molar-refractivity contribution in [1.82, 2.24) is 4.90 Å². The minimum absolute atomic E-state index is 0.185. The van der Waals surface area contributed by atoms with Crippen LogP contribution in [0.5, 0.6) is 0 Å². The number of nitrogens with one attached hydrogen (secondary N) is 1. The number of benzene rings is 2. The molecule has 0 aliphatic carbocycles. The van der Waals surface area contributed by atoms with Crippen molar-refractivity contribution in [3.05, 3.63) is 64.7 Å². The van der Waals surface area contributed by atoms with Crippen LogP contribution in [0.1, 0.15) is 30.1 Å². The summed E-state index contributed by atoms with van der Waals surface area (Å²) in [7, 11) is 0. The van der Waals surface area contributed by atoms with E-state index in [9.17, 15) is 14.4 Å². The molecule has 1 aliphatic heterocycles. The molecule has 30 heavy (non-hydrogen) atoms. The standard InChI is InChI=1S/C22H24ClN3O4/c1-14-9-10-17(12-18(14)23)25-20(27)19(15-6-3-2-4-7-15)30-21(28)16-8-5-11-26(13-16)22(24)29/h2-4,6-7,9-10,12,16,19H,5,8,11,13H2,1H3,(H2,24,29)(H,25,27)/t16-,19+/m1/s1. The van der Waals surface area contributed by atoms with Gasteiger partial charge in [0.05, 0.1) is 5.92 Å². The number of nitrogens with two attached hydrogens (primary N) is 1. The van der Waals surface area contributed by atoms with E-state index in [1.807, 2.05) is 13.0 Å². The largest absolute Gasteiger partial charge is 0.447 e. The van der Waals surface area contributed by atoms with E-state index in [1.54, 1.807) is 42.5 Å². The van der Waals surface area contributed by atoms with E-state index in [-0.39, 0.29) is 6.54 Å². The molecule has 0 unspecified atom stereocenters. The number of rotatable bonds is 5. The van der Waals surface area contributed by atoms with E-state index in [0.717, 1.165) is 5.56 Å². The number of primary amides is 1. The first-order valence-electron chi connectivity index (χ1n) is 9.72. The molecule has 0 spiro atoms. The molecule has 1 saturated heterocycles. The highest BCUT2D eigenvalue weighted by atomic mass is 35.5. The van der Waals surface area contributed by atoms with Crippen LogP contribution in [-0.2, 0) is 14.3 Å². The first kappa shape index (κ1) is 21.6. The molecule has 8 heteroatoms. The van der Waals surface area contributed by atoms with Gasteiger partial charge in [-0.05, 0) is 37.5 Å². The van der Waals surface area contributed by atoms with Gasteiger partial charge < -0.3 is 20.7 Å². The zero-order valence-electron chi connectivity index (χ0n) is 16.6. The third-order valence-corrected chi connectivity index (χ3v) is 5.49. The third kappa shape index (κ3) is 5.30. The van der Waals surface area contributed by atoms with Crippen LogP contribution in [0.3, 0.4) is 0 Å². The number of anilines is 1. The maximum Gasteiger partial charge on any atom is 0.314 e. The normalized spacial score (nSPS) is 17.1. The van der Waals surface area contributed by atoms with E-state index >= 15 is 0 Å². The number of hydrogen-bond donors (Lipinski definition) is 2. The Morgan fingerprint density at radius 3 is 2.60 bits per heavy atom. The number of amides is 3. The van der Waals surface area contributed by atoms with Crippen LogP contribution >= 0.6 is 11.6 Å². The minimum Gasteiger partial charge on any atom is -0.447 e. The van der Waals surface area contributed by atoms with Gasteiger partial charge in [-0.3, -0.25) is 9.59 Å². The van der Waals surface area contributed by atoms with Gasteiger partial charge in [-0.1, -0.05) is 48.0 Å². The van der Waals surface area contributed by atoms with Crippen molar-refractivity contribution in [2.45, 2.75) is 25.9 Å². The fraction of sp³-hybridized carbons (Fsp3) is 0.318. The molecule has 0 saturated carbocycles. The predicted molar refractivity (Wildman–Crippen MR) is 114 cm³/mol. The number of piperidine rings is 1. The van der Waals surface area contributed by atoms with Gasteiger partial charge in [-0.15, -0.1) is 0 Å². The van der Waals surface area contributed by atoms with Crippen molar-refractivity contribution >= 4 is 35.2 Å². The SMILES string of the molecule is Cc1ccc(NC(=O)[C@@H](OC(=O)[C@@H]2CCCN(C(N)=O)C2)c2ccccc2)cc1Cl. The molecule has 158 valence electrons. The Balaban J connectivity index is 1.77. The molecule has 1 fully saturated rings. The van der Waals surface area contributed by atoms with Gasteiger partial charge in [0, 0.05) is 29.4 Å². The molecule has 0 bridgehead atoms. The Hall–Kier alpha value is -3.06. The van der Waals surface area contributed by atoms with Gasteiger partial charge in [-0.25, -0.2) is 4.79 Å². The van der Waals surface area contributed by atoms with Gasteiger partial charge in [-0.2, -0.15) is 0 Å². The van der Waals surface area contributed by atoms with Crippen LogP contribution in [-0.4, -0.2) is 35.9 Å². The zero-order valence-corrected chi connectivity index (χ0v) is 17.4. The average Bonchev–Trinajstić information content (AvgIpc) is 2.75. The molecule has 2 atom stereocenters. The van der Waals surface area contributed by atoms with Crippen LogP contribution in [0.15, 0.2) is 48.5 Å². The number of aryl methyl sites for hydroxylation is 1. The number of halogens is 1. The summed E-state index contributed by atoms with van der Waals surface area (Å²) < 4.78 is 5.63. The van der Waals surface area contributed by atoms with Crippen LogP contribution in [0, 0.1) is 12.8 Å². The Bertz CT molecular complexity index is 935. The van der Waals surface area contributed by atoms with Crippen molar-refractivity contribution in [1.29, 1.82) is 0 Å². The quantitative estimate of drug-likeness (QED) is 0.708. The van der Waals surface area contributed by atoms with Crippen molar-refractivity contribution in [2.75, 3.05) is 18.4 Å². The van der Waals surface area contributed by atoms with Crippen molar-refractivity contribution in [3.8, 4) is 0 Å². The number of esters is 1. The fourth-order valence-corrected chi connectivity index (χ4v) is 3.54. The minimum atomic E-state index is -1.14.